The molecule has 0 saturated heterocycles. The van der Waals surface area contributed by atoms with Crippen molar-refractivity contribution >= 4 is 0 Å². The first-order valence-corrected chi connectivity index (χ1v) is 2.25. The summed E-state index contributed by atoms with van der Waals surface area (Å²) in [5.74, 6) is 0. The summed E-state index contributed by atoms with van der Waals surface area (Å²) in [6.07, 6.45) is 5.99. The number of rotatable bonds is 0. The van der Waals surface area contributed by atoms with Crippen molar-refractivity contribution < 1.29 is 4.52 Å². The number of fused-ring (bicyclic) bond motifs is 1. The number of aromatic amines is 1. The third-order valence-electron chi connectivity index (χ3n) is 1.02. The van der Waals surface area contributed by atoms with Gasteiger partial charge in [0.05, 0.1) is 11.8 Å². The predicted octanol–water partition coefficient (Wildman–Crippen LogP) is 0.908. The molecule has 0 aliphatic carbocycles. The Morgan fingerprint density at radius 2 is 2.62 bits per heavy atom. The molecule has 1 N–H and O–H groups in total. The molecule has 0 aromatic carbocycles. The Labute approximate surface area is 45.6 Å². The van der Waals surface area contributed by atoms with Crippen molar-refractivity contribution in [3.8, 4) is 11.3 Å². The Morgan fingerprint density at radius 3 is 3.50 bits per heavy atom. The van der Waals surface area contributed by atoms with E-state index in [2.05, 4.69) is 20.9 Å². The fourth-order valence-electron chi connectivity index (χ4n) is 0.624. The van der Waals surface area contributed by atoms with Crippen molar-refractivity contribution in [1.82, 2.24) is 10.1 Å². The number of aromatic nitrogens is 2. The predicted molar refractivity (Wildman–Crippen MR) is 26.3 cm³/mol. The lowest BCUT2D eigenvalue weighted by atomic mass is 10.3. The highest BCUT2D eigenvalue weighted by atomic mass is 16.5. The molecule has 0 spiro atoms. The van der Waals surface area contributed by atoms with Crippen molar-refractivity contribution in [3.63, 3.8) is 0 Å². The molecule has 2 aliphatic rings. The first-order valence-electron chi connectivity index (χ1n) is 2.25. The van der Waals surface area contributed by atoms with E-state index in [9.17, 15) is 0 Å². The number of H-pyrrole nitrogens is 1. The van der Waals surface area contributed by atoms with E-state index in [1.807, 2.05) is 0 Å². The first-order chi connectivity index (χ1) is 3.97. The van der Waals surface area contributed by atoms with Crippen molar-refractivity contribution in [1.29, 1.82) is 0 Å². The standard InChI is InChI=1S/C5H3N2O/c1-4-3-8-7-5(4)2-6-1/h1-2,7H. The van der Waals surface area contributed by atoms with Gasteiger partial charge in [0.1, 0.15) is 5.69 Å². The zero-order chi connectivity index (χ0) is 5.40. The third kappa shape index (κ3) is 0.307. The summed E-state index contributed by atoms with van der Waals surface area (Å²) >= 11 is 0. The first kappa shape index (κ1) is 3.72. The number of nitrogens with zero attached hydrogens (tertiary/aromatic N) is 1. The second kappa shape index (κ2) is 1.12. The molecular formula is C5H3N2O. The van der Waals surface area contributed by atoms with Crippen LogP contribution in [0.5, 0.6) is 0 Å². The van der Waals surface area contributed by atoms with Gasteiger partial charge in [-0.2, -0.15) is 0 Å². The van der Waals surface area contributed by atoms with Crippen LogP contribution in [0.1, 0.15) is 0 Å². The molecule has 0 bridgehead atoms. The van der Waals surface area contributed by atoms with E-state index >= 15 is 0 Å². The molecule has 2 rings (SSSR count). The van der Waals surface area contributed by atoms with E-state index in [1.54, 1.807) is 12.4 Å². The summed E-state index contributed by atoms with van der Waals surface area (Å²) in [6.45, 7) is 0. The summed E-state index contributed by atoms with van der Waals surface area (Å²) in [5, 5.41) is 2.61. The number of nitrogens with one attached hydrogen (secondary N) is 1. The average Bonchev–Trinajstić information content (AvgIpc) is 2.15. The summed E-state index contributed by atoms with van der Waals surface area (Å²) in [6, 6.07) is 0. The van der Waals surface area contributed by atoms with Gasteiger partial charge < -0.3 is 4.52 Å². The monoisotopic (exact) mass is 107 g/mol. The highest BCUT2D eigenvalue weighted by molar-refractivity contribution is 5.55. The number of hydrogen-bond acceptors (Lipinski definition) is 2. The van der Waals surface area contributed by atoms with Crippen LogP contribution >= 0.6 is 0 Å². The minimum absolute atomic E-state index is 0.894. The second-order valence-corrected chi connectivity index (χ2v) is 1.54. The SMILES string of the molecule is [c]1o[nH]c2cncc1-2. The Bertz CT molecular complexity index is 202. The molecule has 3 heteroatoms. The Morgan fingerprint density at radius 1 is 1.62 bits per heavy atom. The van der Waals surface area contributed by atoms with E-state index in [0.717, 1.165) is 11.3 Å². The molecule has 0 atom stereocenters. The zero-order valence-corrected chi connectivity index (χ0v) is 4.01. The molecule has 0 fully saturated rings. The van der Waals surface area contributed by atoms with Crippen LogP contribution in [0.3, 0.4) is 0 Å². The van der Waals surface area contributed by atoms with E-state index < -0.39 is 0 Å². The van der Waals surface area contributed by atoms with Gasteiger partial charge in [0, 0.05) is 6.20 Å². The Hall–Kier alpha value is -1.25. The van der Waals surface area contributed by atoms with E-state index in [0.29, 0.717) is 0 Å². The fourth-order valence-corrected chi connectivity index (χ4v) is 0.624. The lowest BCUT2D eigenvalue weighted by molar-refractivity contribution is 0.417. The number of hydrogen-bond donors (Lipinski definition) is 1. The van der Waals surface area contributed by atoms with Crippen LogP contribution in [-0.4, -0.2) is 10.1 Å². The Balaban J connectivity index is 2.84. The molecule has 39 valence electrons. The van der Waals surface area contributed by atoms with Gasteiger partial charge in [0.15, 0.2) is 0 Å². The normalized spacial score (nSPS) is 10.5. The molecule has 0 saturated carbocycles. The van der Waals surface area contributed by atoms with Crippen molar-refractivity contribution in [2.75, 3.05) is 0 Å². The van der Waals surface area contributed by atoms with Crippen molar-refractivity contribution in [2.45, 2.75) is 0 Å². The summed E-state index contributed by atoms with van der Waals surface area (Å²) in [4.78, 5) is 3.84. The molecule has 2 heterocycles. The summed E-state index contributed by atoms with van der Waals surface area (Å²) < 4.78 is 4.61. The quantitative estimate of drug-likeness (QED) is 0.543. The molecule has 0 amide bonds. The maximum atomic E-state index is 4.61. The maximum absolute atomic E-state index is 4.61. The summed E-state index contributed by atoms with van der Waals surface area (Å²) in [5.41, 5.74) is 1.79. The van der Waals surface area contributed by atoms with Crippen molar-refractivity contribution in [2.24, 2.45) is 0 Å². The zero-order valence-electron chi connectivity index (χ0n) is 4.01. The highest BCUT2D eigenvalue weighted by Gasteiger charge is 2.03. The van der Waals surface area contributed by atoms with Crippen LogP contribution in [0.4, 0.5) is 0 Å². The minimum Gasteiger partial charge on any atom is -0.377 e. The molecule has 0 unspecified atom stereocenters. The largest absolute Gasteiger partial charge is 0.377 e. The van der Waals surface area contributed by atoms with Gasteiger partial charge in [0.2, 0.25) is 6.26 Å². The molecule has 2 aliphatic heterocycles. The van der Waals surface area contributed by atoms with E-state index in [4.69, 9.17) is 0 Å². The third-order valence-corrected chi connectivity index (χ3v) is 1.02. The second-order valence-electron chi connectivity index (χ2n) is 1.54. The van der Waals surface area contributed by atoms with Gasteiger partial charge in [-0.05, 0) is 0 Å². The van der Waals surface area contributed by atoms with Gasteiger partial charge in [-0.15, -0.1) is 0 Å². The van der Waals surface area contributed by atoms with Crippen LogP contribution in [0.2, 0.25) is 0 Å². The molecule has 0 aromatic heterocycles. The fraction of sp³-hybridized carbons (Fsp3) is 0. The van der Waals surface area contributed by atoms with Crippen molar-refractivity contribution in [3.05, 3.63) is 18.7 Å². The van der Waals surface area contributed by atoms with Gasteiger partial charge >= 0.3 is 0 Å². The van der Waals surface area contributed by atoms with Crippen LogP contribution in [-0.2, 0) is 0 Å². The van der Waals surface area contributed by atoms with Gasteiger partial charge in [-0.1, -0.05) is 0 Å². The topological polar surface area (TPSA) is 41.8 Å². The molecule has 1 radical (unpaired) electrons. The van der Waals surface area contributed by atoms with Gasteiger partial charge in [-0.25, -0.2) is 5.16 Å². The minimum atomic E-state index is 0.894. The molecule has 8 heavy (non-hydrogen) atoms. The average molecular weight is 107 g/mol. The van der Waals surface area contributed by atoms with E-state index in [1.165, 1.54) is 0 Å². The molecular weight excluding hydrogens is 104 g/mol. The maximum Gasteiger partial charge on any atom is 0.211 e. The summed E-state index contributed by atoms with van der Waals surface area (Å²) in [7, 11) is 0. The molecule has 3 nitrogen and oxygen atoms in total. The van der Waals surface area contributed by atoms with Crippen LogP contribution < -0.4 is 0 Å². The lowest BCUT2D eigenvalue weighted by Crippen LogP contribution is -1.60. The van der Waals surface area contributed by atoms with Crippen LogP contribution in [0.15, 0.2) is 16.9 Å². The van der Waals surface area contributed by atoms with Gasteiger partial charge in [-0.3, -0.25) is 4.98 Å². The smallest absolute Gasteiger partial charge is 0.211 e. The van der Waals surface area contributed by atoms with Crippen LogP contribution in [0, 0.1) is 6.26 Å². The highest BCUT2D eigenvalue weighted by Crippen LogP contribution is 2.15. The molecule has 0 aromatic rings. The van der Waals surface area contributed by atoms with Gasteiger partial charge in [0.25, 0.3) is 0 Å². The van der Waals surface area contributed by atoms with E-state index in [-0.39, 0.29) is 0 Å². The van der Waals surface area contributed by atoms with Crippen LogP contribution in [0.25, 0.3) is 11.3 Å². The lowest BCUT2D eigenvalue weighted by Gasteiger charge is -1.71. The Kier molecular flexibility index (Phi) is 0.521.